The zero-order chi connectivity index (χ0) is 16.5. The first-order valence-corrected chi connectivity index (χ1v) is 5.76. The number of hydrogen-bond donors (Lipinski definition) is 1. The Labute approximate surface area is 124 Å². The van der Waals surface area contributed by atoms with E-state index < -0.39 is 0 Å². The number of rotatable bonds is 2. The van der Waals surface area contributed by atoms with Gasteiger partial charge in [0.25, 0.3) is 0 Å². The van der Waals surface area contributed by atoms with E-state index in [2.05, 4.69) is 17.8 Å². The third-order valence-electron chi connectivity index (χ3n) is 1.99. The highest BCUT2D eigenvalue weighted by Gasteiger charge is 1.89. The molecule has 1 N–H and O–H groups in total. The van der Waals surface area contributed by atoms with Crippen LogP contribution in [0.2, 0.25) is 0 Å². The van der Waals surface area contributed by atoms with E-state index in [0.29, 0.717) is 0 Å². The molecule has 21 heavy (non-hydrogen) atoms. The molecule has 0 atom stereocenters. The maximum atomic E-state index is 12.6. The van der Waals surface area contributed by atoms with Crippen molar-refractivity contribution in [2.75, 3.05) is 7.11 Å². The summed E-state index contributed by atoms with van der Waals surface area (Å²) in [6, 6.07) is 15.9. The van der Waals surface area contributed by atoms with Gasteiger partial charge in [-0.2, -0.15) is 0 Å². The Bertz CT molecular complexity index is 507. The van der Waals surface area contributed by atoms with Crippen molar-refractivity contribution in [2.24, 2.45) is 4.99 Å². The summed E-state index contributed by atoms with van der Waals surface area (Å²) in [5, 5.41) is 7.00. The van der Waals surface area contributed by atoms with Gasteiger partial charge in [0.2, 0.25) is 0 Å². The number of nitrogens with zero attached hydrogens (tertiary/aromatic N) is 1. The summed E-state index contributed by atoms with van der Waals surface area (Å²) in [6.07, 6.45) is 9.76. The van der Waals surface area contributed by atoms with Crippen molar-refractivity contribution in [3.63, 3.8) is 0 Å². The van der Waals surface area contributed by atoms with Gasteiger partial charge < -0.3 is 9.90 Å². The fraction of sp³-hybridized carbons (Fsp3) is 0.0588. The zero-order valence-corrected chi connectivity index (χ0v) is 11.8. The van der Waals surface area contributed by atoms with Crippen LogP contribution in [0.15, 0.2) is 59.6 Å². The molecule has 0 aliphatic heterocycles. The molecule has 0 amide bonds. The molecule has 4 heteroatoms. The number of hydrogen-bond acceptors (Lipinski definition) is 3. The van der Waals surface area contributed by atoms with Crippen molar-refractivity contribution in [1.29, 1.82) is 0 Å². The van der Waals surface area contributed by atoms with E-state index in [-0.39, 0.29) is 5.82 Å². The fourth-order valence-electron chi connectivity index (χ4n) is 1.22. The molecular weight excluding hydrogens is 269 g/mol. The second kappa shape index (κ2) is 15.3. The number of carbonyl (C=O) groups is 1. The molecule has 0 aromatic heterocycles. The lowest BCUT2D eigenvalue weighted by molar-refractivity contribution is -0.0979. The molecule has 2 aromatic rings. The van der Waals surface area contributed by atoms with Crippen molar-refractivity contribution in [2.45, 2.75) is 0 Å². The number of aliphatic hydroxyl groups is 1. The third-order valence-corrected chi connectivity index (χ3v) is 1.99. The lowest BCUT2D eigenvalue weighted by Crippen LogP contribution is -1.78. The average molecular weight is 287 g/mol. The number of halogens is 1. The third kappa shape index (κ3) is 9.77. The van der Waals surface area contributed by atoms with Crippen molar-refractivity contribution < 1.29 is 14.3 Å². The van der Waals surface area contributed by atoms with E-state index in [1.807, 2.05) is 37.1 Å². The Kier molecular flexibility index (Phi) is 15.0. The van der Waals surface area contributed by atoms with Gasteiger partial charge in [-0.15, -0.1) is 12.8 Å². The maximum absolute atomic E-state index is 12.6. The first-order chi connectivity index (χ1) is 10.3. The van der Waals surface area contributed by atoms with Crippen LogP contribution in [0.25, 0.3) is 0 Å². The fourth-order valence-corrected chi connectivity index (χ4v) is 1.22. The van der Waals surface area contributed by atoms with Crippen LogP contribution in [0.1, 0.15) is 5.56 Å². The van der Waals surface area contributed by atoms with Crippen LogP contribution in [0.4, 0.5) is 10.1 Å². The summed E-state index contributed by atoms with van der Waals surface area (Å²) in [7, 11) is 1.00. The average Bonchev–Trinajstić information content (AvgIpc) is 2.61. The number of benzene rings is 2. The van der Waals surface area contributed by atoms with Gasteiger partial charge >= 0.3 is 0 Å². The Balaban J connectivity index is 0. The van der Waals surface area contributed by atoms with E-state index in [9.17, 15) is 4.39 Å². The SMILES string of the molecule is C#C.C=O.CO.Fc1ccc(N=Cc2ccccc2)cc1. The molecule has 0 spiro atoms. The van der Waals surface area contributed by atoms with Crippen molar-refractivity contribution >= 4 is 18.7 Å². The second-order valence-corrected chi connectivity index (χ2v) is 3.15. The van der Waals surface area contributed by atoms with Gasteiger partial charge in [-0.05, 0) is 29.8 Å². The first-order valence-electron chi connectivity index (χ1n) is 5.76. The van der Waals surface area contributed by atoms with Crippen LogP contribution < -0.4 is 0 Å². The summed E-state index contributed by atoms with van der Waals surface area (Å²) in [6.45, 7) is 2.00. The molecule has 2 aromatic carbocycles. The quantitative estimate of drug-likeness (QED) is 0.681. The maximum Gasteiger partial charge on any atom is 0.123 e. The topological polar surface area (TPSA) is 49.7 Å². The molecule has 110 valence electrons. The molecule has 0 unspecified atom stereocenters. The van der Waals surface area contributed by atoms with E-state index in [1.165, 1.54) is 12.1 Å². The van der Waals surface area contributed by atoms with Gasteiger partial charge in [0.05, 0.1) is 5.69 Å². The zero-order valence-electron chi connectivity index (χ0n) is 11.8. The normalized spacial score (nSPS) is 8.24. The number of terminal acetylenes is 1. The minimum absolute atomic E-state index is 0.242. The summed E-state index contributed by atoms with van der Waals surface area (Å²) in [5.41, 5.74) is 1.78. The Morgan fingerprint density at radius 3 is 1.95 bits per heavy atom. The number of carbonyl (C=O) groups excluding carboxylic acids is 1. The van der Waals surface area contributed by atoms with E-state index >= 15 is 0 Å². The van der Waals surface area contributed by atoms with Gasteiger partial charge in [0.1, 0.15) is 12.6 Å². The molecular formula is C17H18FNO2. The summed E-state index contributed by atoms with van der Waals surface area (Å²) in [5.74, 6) is -0.242. The van der Waals surface area contributed by atoms with E-state index in [0.717, 1.165) is 18.4 Å². The number of aliphatic hydroxyl groups excluding tert-OH is 1. The summed E-state index contributed by atoms with van der Waals surface area (Å²) >= 11 is 0. The minimum Gasteiger partial charge on any atom is -0.400 e. The molecule has 0 fully saturated rings. The summed E-state index contributed by atoms with van der Waals surface area (Å²) in [4.78, 5) is 12.2. The predicted octanol–water partition coefficient (Wildman–Crippen LogP) is 3.25. The van der Waals surface area contributed by atoms with Gasteiger partial charge in [-0.3, -0.25) is 4.99 Å². The second-order valence-electron chi connectivity index (χ2n) is 3.15. The van der Waals surface area contributed by atoms with Crippen LogP contribution in [-0.2, 0) is 4.79 Å². The van der Waals surface area contributed by atoms with Gasteiger partial charge in [-0.25, -0.2) is 4.39 Å². The first kappa shape index (κ1) is 20.5. The molecule has 0 saturated heterocycles. The van der Waals surface area contributed by atoms with E-state index in [1.54, 1.807) is 18.3 Å². The standard InChI is InChI=1S/C13H10FN.C2H2.CH4O.CH2O/c14-12-6-8-13(9-7-12)15-10-11-4-2-1-3-5-11;3*1-2/h1-10H;1-2H;2H,1H3;1H2. The highest BCUT2D eigenvalue weighted by atomic mass is 19.1. The van der Waals surface area contributed by atoms with Crippen molar-refractivity contribution in [1.82, 2.24) is 0 Å². The Hall–Kier alpha value is -2.77. The van der Waals surface area contributed by atoms with Crippen LogP contribution in [0, 0.1) is 18.7 Å². The van der Waals surface area contributed by atoms with Gasteiger partial charge in [-0.1, -0.05) is 30.3 Å². The highest BCUT2D eigenvalue weighted by Crippen LogP contribution is 2.11. The number of aliphatic imine (C=N–C) groups is 1. The van der Waals surface area contributed by atoms with Gasteiger partial charge in [0, 0.05) is 13.3 Å². The van der Waals surface area contributed by atoms with E-state index in [4.69, 9.17) is 9.90 Å². The molecule has 0 aliphatic rings. The van der Waals surface area contributed by atoms with Crippen LogP contribution in [0.3, 0.4) is 0 Å². The smallest absolute Gasteiger partial charge is 0.123 e. The monoisotopic (exact) mass is 287 g/mol. The minimum atomic E-state index is -0.242. The molecule has 0 aliphatic carbocycles. The van der Waals surface area contributed by atoms with Gasteiger partial charge in [0.15, 0.2) is 0 Å². The Morgan fingerprint density at radius 2 is 1.48 bits per heavy atom. The largest absolute Gasteiger partial charge is 0.400 e. The molecule has 0 radical (unpaired) electrons. The highest BCUT2D eigenvalue weighted by molar-refractivity contribution is 5.81. The van der Waals surface area contributed by atoms with Crippen LogP contribution in [-0.4, -0.2) is 25.2 Å². The Morgan fingerprint density at radius 1 is 1.00 bits per heavy atom. The lowest BCUT2D eigenvalue weighted by Gasteiger charge is -1.93. The molecule has 0 heterocycles. The molecule has 0 bridgehead atoms. The molecule has 0 saturated carbocycles. The predicted molar refractivity (Wildman–Crippen MR) is 85.2 cm³/mol. The van der Waals surface area contributed by atoms with Crippen molar-refractivity contribution in [3.8, 4) is 12.8 Å². The lowest BCUT2D eigenvalue weighted by atomic mass is 10.2. The summed E-state index contributed by atoms with van der Waals surface area (Å²) < 4.78 is 12.6. The van der Waals surface area contributed by atoms with Crippen LogP contribution in [0.5, 0.6) is 0 Å². The van der Waals surface area contributed by atoms with Crippen LogP contribution >= 0.6 is 0 Å². The molecule has 2 rings (SSSR count). The molecule has 3 nitrogen and oxygen atoms in total. The van der Waals surface area contributed by atoms with Crippen molar-refractivity contribution in [3.05, 3.63) is 66.0 Å².